The molecule has 0 aliphatic heterocycles. The lowest BCUT2D eigenvalue weighted by molar-refractivity contribution is -0.442. The van der Waals surface area contributed by atoms with Crippen molar-refractivity contribution < 1.29 is 4.86 Å². The fraction of sp³-hybridized carbons (Fsp3) is 0.500. The number of benzene rings is 1. The Morgan fingerprint density at radius 1 is 1.32 bits per heavy atom. The predicted molar refractivity (Wildman–Crippen MR) is 84.3 cm³/mol. The van der Waals surface area contributed by atoms with Gasteiger partial charge in [0.1, 0.15) is 16.6 Å². The van der Waals surface area contributed by atoms with Crippen LogP contribution in [0.2, 0.25) is 15.1 Å². The van der Waals surface area contributed by atoms with Gasteiger partial charge in [-0.3, -0.25) is 0 Å². The minimum absolute atomic E-state index is 0.128. The summed E-state index contributed by atoms with van der Waals surface area (Å²) in [6.07, 6.45) is 3.17. The summed E-state index contributed by atoms with van der Waals surface area (Å²) in [7, 11) is 0. The molecule has 1 aromatic carbocycles. The Morgan fingerprint density at radius 3 is 2.42 bits per heavy atom. The van der Waals surface area contributed by atoms with Crippen LogP contribution in [0.4, 0.5) is 5.69 Å². The molecule has 0 bridgehead atoms. The second kappa shape index (κ2) is 8.30. The molecule has 106 valence electrons. The maximum atomic E-state index is 11.9. The molecule has 0 aromatic heterocycles. The third-order valence-electron chi connectivity index (χ3n) is 2.45. The van der Waals surface area contributed by atoms with E-state index in [1.54, 1.807) is 0 Å². The minimum Gasteiger partial charge on any atom is -0.594 e. The molecule has 0 aliphatic rings. The number of hydrogen-bond acceptors (Lipinski definition) is 2. The summed E-state index contributed by atoms with van der Waals surface area (Å²) >= 11 is 21.2. The minimum atomic E-state index is 0.128. The van der Waals surface area contributed by atoms with Gasteiger partial charge in [-0.05, 0) is 23.7 Å². The summed E-state index contributed by atoms with van der Waals surface area (Å²) in [5, 5.41) is 16.6. The zero-order valence-electron chi connectivity index (χ0n) is 10.4. The highest BCUT2D eigenvalue weighted by Crippen LogP contribution is 2.35. The molecule has 0 N–H and O–H groups in total. The van der Waals surface area contributed by atoms with Crippen LogP contribution in [0, 0.1) is 5.21 Å². The van der Waals surface area contributed by atoms with Gasteiger partial charge in [-0.1, -0.05) is 75.4 Å². The summed E-state index contributed by atoms with van der Waals surface area (Å²) < 4.78 is 0. The van der Waals surface area contributed by atoms with Gasteiger partial charge in [0.05, 0.1) is 0 Å². The monoisotopic (exact) mass is 386 g/mol. The number of azo groups is 1. The molecule has 0 radical (unpaired) electrons. The van der Waals surface area contributed by atoms with Crippen LogP contribution in [0.1, 0.15) is 26.2 Å². The Labute approximate surface area is 136 Å². The highest BCUT2D eigenvalue weighted by Gasteiger charge is 2.17. The van der Waals surface area contributed by atoms with Crippen LogP contribution in [0.5, 0.6) is 0 Å². The van der Waals surface area contributed by atoms with Crippen LogP contribution < -0.4 is 0 Å². The van der Waals surface area contributed by atoms with Crippen LogP contribution in [-0.2, 0) is 0 Å². The Morgan fingerprint density at radius 2 is 1.89 bits per heavy atom. The van der Waals surface area contributed by atoms with Crippen molar-refractivity contribution in [3.8, 4) is 0 Å². The Bertz CT molecular complexity index is 445. The Hall–Kier alpha value is -0.0300. The van der Waals surface area contributed by atoms with E-state index in [4.69, 9.17) is 34.8 Å². The zero-order valence-corrected chi connectivity index (χ0v) is 14.2. The first kappa shape index (κ1) is 17.0. The zero-order chi connectivity index (χ0) is 14.4. The van der Waals surface area contributed by atoms with E-state index < -0.39 is 0 Å². The molecular formula is C12H14BrCl3N2O. The first-order valence-corrected chi connectivity index (χ1v) is 7.94. The average molecular weight is 389 g/mol. The van der Waals surface area contributed by atoms with Crippen molar-refractivity contribution in [2.75, 3.05) is 6.54 Å². The van der Waals surface area contributed by atoms with Gasteiger partial charge in [-0.15, -0.1) is 0 Å². The van der Waals surface area contributed by atoms with E-state index in [0.29, 0.717) is 16.4 Å². The van der Waals surface area contributed by atoms with Crippen LogP contribution in [-0.4, -0.2) is 16.2 Å². The Kier molecular flexibility index (Phi) is 7.44. The van der Waals surface area contributed by atoms with Crippen molar-refractivity contribution in [1.82, 2.24) is 0 Å². The smallest absolute Gasteiger partial charge is 0.281 e. The third kappa shape index (κ3) is 5.46. The summed E-state index contributed by atoms with van der Waals surface area (Å²) in [5.41, 5.74) is 0.128. The highest BCUT2D eigenvalue weighted by atomic mass is 79.9. The molecule has 0 heterocycles. The largest absolute Gasteiger partial charge is 0.594 e. The van der Waals surface area contributed by atoms with Crippen molar-refractivity contribution >= 4 is 56.4 Å². The maximum Gasteiger partial charge on any atom is 0.281 e. The molecule has 0 unspecified atom stereocenters. The van der Waals surface area contributed by atoms with Gasteiger partial charge in [0.2, 0.25) is 0 Å². The SMILES string of the molecule is CCCC[C@@H](Br)CN=[N+]([O-])c1c(Cl)cc(Cl)cc1Cl. The van der Waals surface area contributed by atoms with Crippen LogP contribution in [0.15, 0.2) is 17.2 Å². The van der Waals surface area contributed by atoms with E-state index in [1.807, 2.05) is 0 Å². The van der Waals surface area contributed by atoms with E-state index in [1.165, 1.54) is 12.1 Å². The van der Waals surface area contributed by atoms with Crippen molar-refractivity contribution in [1.29, 1.82) is 0 Å². The number of rotatable bonds is 6. The quantitative estimate of drug-likeness (QED) is 0.248. The molecule has 0 saturated carbocycles. The van der Waals surface area contributed by atoms with Gasteiger partial charge in [-0.25, -0.2) is 0 Å². The van der Waals surface area contributed by atoms with Crippen LogP contribution in [0.3, 0.4) is 0 Å². The molecule has 0 spiro atoms. The third-order valence-corrected chi connectivity index (χ3v) is 3.99. The van der Waals surface area contributed by atoms with E-state index >= 15 is 0 Å². The van der Waals surface area contributed by atoms with Gasteiger partial charge >= 0.3 is 0 Å². The van der Waals surface area contributed by atoms with Gasteiger partial charge in [0, 0.05) is 9.85 Å². The number of alkyl halides is 1. The normalized spacial score (nSPS) is 13.6. The van der Waals surface area contributed by atoms with E-state index in [-0.39, 0.29) is 20.6 Å². The fourth-order valence-electron chi connectivity index (χ4n) is 1.47. The van der Waals surface area contributed by atoms with E-state index in [9.17, 15) is 5.21 Å². The van der Waals surface area contributed by atoms with E-state index in [2.05, 4.69) is 28.0 Å². The van der Waals surface area contributed by atoms with Crippen LogP contribution >= 0.6 is 50.7 Å². The average Bonchev–Trinajstić information content (AvgIpc) is 2.32. The maximum absolute atomic E-state index is 11.9. The molecule has 0 aliphatic carbocycles. The van der Waals surface area contributed by atoms with Crippen LogP contribution in [0.25, 0.3) is 0 Å². The number of hydrogen-bond donors (Lipinski definition) is 0. The van der Waals surface area contributed by atoms with Crippen molar-refractivity contribution in [3.05, 3.63) is 32.4 Å². The summed E-state index contributed by atoms with van der Waals surface area (Å²) in [6.45, 7) is 2.49. The lowest BCUT2D eigenvalue weighted by atomic mass is 10.2. The lowest BCUT2D eigenvalue weighted by Gasteiger charge is -2.07. The molecule has 7 heteroatoms. The molecular weight excluding hydrogens is 374 g/mol. The number of halogens is 4. The first-order valence-electron chi connectivity index (χ1n) is 5.89. The molecule has 19 heavy (non-hydrogen) atoms. The predicted octanol–water partition coefficient (Wildman–Crippen LogP) is 6.19. The van der Waals surface area contributed by atoms with Gasteiger partial charge in [0.25, 0.3) is 5.69 Å². The lowest BCUT2D eigenvalue weighted by Crippen LogP contribution is -2.05. The molecule has 0 fully saturated rings. The standard InChI is InChI=1S/C12H14BrCl3N2O/c1-2-3-4-8(13)7-17-18(19)12-10(15)5-9(14)6-11(12)16/h5-6,8H,2-4,7H2,1H3/t8-/m1/s1. The Balaban J connectivity index is 2.80. The van der Waals surface area contributed by atoms with Gasteiger partial charge in [0.15, 0.2) is 0 Å². The number of nitrogens with zero attached hydrogens (tertiary/aromatic N) is 2. The molecule has 0 amide bonds. The highest BCUT2D eigenvalue weighted by molar-refractivity contribution is 9.09. The number of unbranched alkanes of at least 4 members (excludes halogenated alkanes) is 1. The summed E-state index contributed by atoms with van der Waals surface area (Å²) in [5.74, 6) is 0. The van der Waals surface area contributed by atoms with Crippen molar-refractivity contribution in [2.45, 2.75) is 31.0 Å². The van der Waals surface area contributed by atoms with Gasteiger partial charge in [-0.2, -0.15) is 0 Å². The van der Waals surface area contributed by atoms with E-state index in [0.717, 1.165) is 19.3 Å². The molecule has 0 saturated heterocycles. The second-order valence-electron chi connectivity index (χ2n) is 4.05. The summed E-state index contributed by atoms with van der Waals surface area (Å²) in [4.78, 5) is 0.634. The van der Waals surface area contributed by atoms with Crippen molar-refractivity contribution in [3.63, 3.8) is 0 Å². The fourth-order valence-corrected chi connectivity index (χ4v) is 2.88. The summed E-state index contributed by atoms with van der Waals surface area (Å²) in [6, 6.07) is 2.93. The topological polar surface area (TPSA) is 38.4 Å². The van der Waals surface area contributed by atoms with Crippen molar-refractivity contribution in [2.24, 2.45) is 5.11 Å². The molecule has 1 rings (SSSR count). The molecule has 1 aromatic rings. The second-order valence-corrected chi connectivity index (χ2v) is 6.60. The first-order chi connectivity index (χ1) is 8.95. The van der Waals surface area contributed by atoms with Gasteiger partial charge < -0.3 is 5.21 Å². The molecule has 1 atom stereocenters. The molecule has 3 nitrogen and oxygen atoms in total.